The van der Waals surface area contributed by atoms with E-state index in [9.17, 15) is 0 Å². The third kappa shape index (κ3) is 2.14. The van der Waals surface area contributed by atoms with Crippen LogP contribution in [0.2, 0.25) is 0 Å². The first-order valence-electron chi connectivity index (χ1n) is 6.20. The Hall–Kier alpha value is -0.800. The molecule has 1 aromatic heterocycles. The first-order valence-corrected chi connectivity index (χ1v) is 6.99. The normalized spacial score (nSPS) is 17.1. The van der Waals surface area contributed by atoms with Gasteiger partial charge in [0.15, 0.2) is 0 Å². The highest BCUT2D eigenvalue weighted by Gasteiger charge is 2.14. The Morgan fingerprint density at radius 3 is 2.71 bits per heavy atom. The molecule has 0 bridgehead atoms. The fourth-order valence-electron chi connectivity index (χ4n) is 2.68. The molecule has 3 heteroatoms. The number of nitrogens with zero attached hydrogens (tertiary/aromatic N) is 2. The van der Waals surface area contributed by atoms with Crippen molar-refractivity contribution in [2.24, 2.45) is 7.05 Å². The number of benzene rings is 1. The van der Waals surface area contributed by atoms with Gasteiger partial charge in [-0.3, -0.25) is 4.90 Å². The molecule has 90 valence electrons. The zero-order valence-corrected chi connectivity index (χ0v) is 11.7. The van der Waals surface area contributed by atoms with Crippen LogP contribution in [0.5, 0.6) is 0 Å². The number of fused-ring (bicyclic) bond motifs is 1. The number of halogens is 1. The lowest BCUT2D eigenvalue weighted by molar-refractivity contribution is 0.324. The summed E-state index contributed by atoms with van der Waals surface area (Å²) in [6.45, 7) is 3.60. The van der Waals surface area contributed by atoms with Crippen LogP contribution >= 0.6 is 15.9 Å². The molecule has 2 aromatic rings. The molecular formula is C14H17BrN2. The molecule has 17 heavy (non-hydrogen) atoms. The van der Waals surface area contributed by atoms with Crippen LogP contribution in [0.15, 0.2) is 28.7 Å². The number of likely N-dealkylation sites (tertiary alicyclic amines) is 1. The summed E-state index contributed by atoms with van der Waals surface area (Å²) in [5.41, 5.74) is 2.73. The van der Waals surface area contributed by atoms with E-state index in [-0.39, 0.29) is 0 Å². The van der Waals surface area contributed by atoms with Crippen molar-refractivity contribution in [2.75, 3.05) is 13.1 Å². The Morgan fingerprint density at radius 1 is 1.18 bits per heavy atom. The van der Waals surface area contributed by atoms with Gasteiger partial charge >= 0.3 is 0 Å². The predicted octanol–water partition coefficient (Wildman–Crippen LogP) is 3.54. The summed E-state index contributed by atoms with van der Waals surface area (Å²) in [5.74, 6) is 0. The largest absolute Gasteiger partial charge is 0.346 e. The standard InChI is InChI=1S/C14H17BrN2/c1-16-13(10-17-6-2-3-7-17)8-11-4-5-12(15)9-14(11)16/h4-5,8-9H,2-3,6-7,10H2,1H3. The number of rotatable bonds is 2. The van der Waals surface area contributed by atoms with Gasteiger partial charge < -0.3 is 4.57 Å². The lowest BCUT2D eigenvalue weighted by atomic mass is 10.2. The van der Waals surface area contributed by atoms with Gasteiger partial charge in [-0.2, -0.15) is 0 Å². The molecule has 2 nitrogen and oxygen atoms in total. The first kappa shape index (κ1) is 11.3. The van der Waals surface area contributed by atoms with Crippen LogP contribution in [0.3, 0.4) is 0 Å². The van der Waals surface area contributed by atoms with E-state index < -0.39 is 0 Å². The van der Waals surface area contributed by atoms with Gasteiger partial charge in [0.05, 0.1) is 0 Å². The third-order valence-corrected chi connectivity index (χ3v) is 4.18. The number of hydrogen-bond donors (Lipinski definition) is 0. The van der Waals surface area contributed by atoms with E-state index in [0.29, 0.717) is 0 Å². The molecule has 0 aliphatic carbocycles. The molecule has 2 heterocycles. The molecule has 0 spiro atoms. The minimum absolute atomic E-state index is 1.09. The van der Waals surface area contributed by atoms with Crippen molar-refractivity contribution in [2.45, 2.75) is 19.4 Å². The van der Waals surface area contributed by atoms with Gasteiger partial charge in [-0.15, -0.1) is 0 Å². The number of aryl methyl sites for hydroxylation is 1. The van der Waals surface area contributed by atoms with Crippen LogP contribution < -0.4 is 0 Å². The highest BCUT2D eigenvalue weighted by Crippen LogP contribution is 2.24. The zero-order chi connectivity index (χ0) is 11.8. The van der Waals surface area contributed by atoms with Crippen molar-refractivity contribution in [3.05, 3.63) is 34.4 Å². The number of aromatic nitrogens is 1. The second-order valence-electron chi connectivity index (χ2n) is 4.88. The molecule has 0 amide bonds. The molecule has 0 unspecified atom stereocenters. The molecule has 0 atom stereocenters. The Bertz CT molecular complexity index is 538. The summed E-state index contributed by atoms with van der Waals surface area (Å²) in [4.78, 5) is 2.54. The summed E-state index contributed by atoms with van der Waals surface area (Å²) < 4.78 is 3.47. The van der Waals surface area contributed by atoms with Crippen molar-refractivity contribution >= 4 is 26.8 Å². The van der Waals surface area contributed by atoms with E-state index >= 15 is 0 Å². The van der Waals surface area contributed by atoms with E-state index in [4.69, 9.17) is 0 Å². The second-order valence-corrected chi connectivity index (χ2v) is 5.80. The molecule has 1 aromatic carbocycles. The van der Waals surface area contributed by atoms with E-state index in [1.807, 2.05) is 0 Å². The summed E-state index contributed by atoms with van der Waals surface area (Å²) >= 11 is 3.54. The van der Waals surface area contributed by atoms with Gasteiger partial charge in [-0.25, -0.2) is 0 Å². The molecule has 0 N–H and O–H groups in total. The molecule has 1 saturated heterocycles. The molecule has 1 aliphatic rings. The van der Waals surface area contributed by atoms with Crippen molar-refractivity contribution in [3.8, 4) is 0 Å². The molecular weight excluding hydrogens is 276 g/mol. The minimum atomic E-state index is 1.09. The first-order chi connectivity index (χ1) is 8.24. The number of hydrogen-bond acceptors (Lipinski definition) is 1. The van der Waals surface area contributed by atoms with Crippen LogP contribution in [0, 0.1) is 0 Å². The maximum Gasteiger partial charge on any atom is 0.0491 e. The Morgan fingerprint density at radius 2 is 1.94 bits per heavy atom. The maximum absolute atomic E-state index is 3.54. The minimum Gasteiger partial charge on any atom is -0.346 e. The van der Waals surface area contributed by atoms with E-state index in [1.165, 1.54) is 42.5 Å². The second kappa shape index (κ2) is 4.46. The fourth-order valence-corrected chi connectivity index (χ4v) is 3.03. The Balaban J connectivity index is 1.96. The molecule has 0 radical (unpaired) electrons. The van der Waals surface area contributed by atoms with Gasteiger partial charge in [0.2, 0.25) is 0 Å². The van der Waals surface area contributed by atoms with Crippen molar-refractivity contribution < 1.29 is 0 Å². The summed E-state index contributed by atoms with van der Waals surface area (Å²) in [5, 5.41) is 1.34. The Labute approximate surface area is 110 Å². The molecule has 1 fully saturated rings. The average molecular weight is 293 g/mol. The molecule has 1 aliphatic heterocycles. The van der Waals surface area contributed by atoms with Gasteiger partial charge in [0.1, 0.15) is 0 Å². The highest BCUT2D eigenvalue weighted by atomic mass is 79.9. The third-order valence-electron chi connectivity index (χ3n) is 3.69. The Kier molecular flexibility index (Phi) is 2.97. The van der Waals surface area contributed by atoms with E-state index in [2.05, 4.69) is 56.7 Å². The van der Waals surface area contributed by atoms with E-state index in [1.54, 1.807) is 0 Å². The lowest BCUT2D eigenvalue weighted by Crippen LogP contribution is -2.19. The zero-order valence-electron chi connectivity index (χ0n) is 10.1. The quantitative estimate of drug-likeness (QED) is 0.822. The SMILES string of the molecule is Cn1c(CN2CCCC2)cc2ccc(Br)cc21. The van der Waals surface area contributed by atoms with Crippen LogP contribution in [0.25, 0.3) is 10.9 Å². The summed E-state index contributed by atoms with van der Waals surface area (Å²) in [6.07, 6.45) is 2.71. The van der Waals surface area contributed by atoms with Crippen molar-refractivity contribution in [3.63, 3.8) is 0 Å². The van der Waals surface area contributed by atoms with Crippen LogP contribution in [0.1, 0.15) is 18.5 Å². The molecule has 0 saturated carbocycles. The lowest BCUT2D eigenvalue weighted by Gasteiger charge is -2.15. The summed E-state index contributed by atoms with van der Waals surface area (Å²) in [6, 6.07) is 8.82. The monoisotopic (exact) mass is 292 g/mol. The van der Waals surface area contributed by atoms with E-state index in [0.717, 1.165) is 11.0 Å². The van der Waals surface area contributed by atoms with Crippen LogP contribution in [-0.4, -0.2) is 22.6 Å². The summed E-state index contributed by atoms with van der Waals surface area (Å²) in [7, 11) is 2.17. The average Bonchev–Trinajstić information content (AvgIpc) is 2.91. The fraction of sp³-hybridized carbons (Fsp3) is 0.429. The smallest absolute Gasteiger partial charge is 0.0491 e. The molecule has 3 rings (SSSR count). The van der Waals surface area contributed by atoms with Crippen molar-refractivity contribution in [1.82, 2.24) is 9.47 Å². The topological polar surface area (TPSA) is 8.17 Å². The highest BCUT2D eigenvalue weighted by molar-refractivity contribution is 9.10. The van der Waals surface area contributed by atoms with Gasteiger partial charge in [-0.05, 0) is 49.5 Å². The van der Waals surface area contributed by atoms with Gasteiger partial charge in [-0.1, -0.05) is 22.0 Å². The van der Waals surface area contributed by atoms with Gasteiger partial charge in [0.25, 0.3) is 0 Å². The van der Waals surface area contributed by atoms with Crippen molar-refractivity contribution in [1.29, 1.82) is 0 Å². The predicted molar refractivity (Wildman–Crippen MR) is 75.1 cm³/mol. The van der Waals surface area contributed by atoms with Crippen LogP contribution in [-0.2, 0) is 13.6 Å². The van der Waals surface area contributed by atoms with Crippen LogP contribution in [0.4, 0.5) is 0 Å². The maximum atomic E-state index is 3.54. The van der Waals surface area contributed by atoms with Gasteiger partial charge in [0, 0.05) is 29.3 Å².